The van der Waals surface area contributed by atoms with E-state index in [1.165, 1.54) is 5.57 Å². The van der Waals surface area contributed by atoms with Gasteiger partial charge in [-0.2, -0.15) is 0 Å². The zero-order valence-electron chi connectivity index (χ0n) is 15.3. The number of carbonyl (C=O) groups is 1. The Labute approximate surface area is 160 Å². The van der Waals surface area contributed by atoms with E-state index in [4.69, 9.17) is 22.1 Å². The highest BCUT2D eigenvalue weighted by molar-refractivity contribution is 6.30. The fraction of sp³-hybridized carbons (Fsp3) is 0.381. The molecule has 1 aliphatic carbocycles. The number of allylic oxidation sites excluding steroid dienone is 2. The molecule has 1 atom stereocenters. The number of nitrogens with zero attached hydrogens (tertiary/aromatic N) is 1. The van der Waals surface area contributed by atoms with E-state index in [1.54, 1.807) is 11.0 Å². The van der Waals surface area contributed by atoms with Crippen LogP contribution in [0.4, 0.5) is 10.5 Å². The number of carbonyl (C=O) groups excluding carboxylic acids is 1. The molecule has 2 aliphatic rings. The van der Waals surface area contributed by atoms with Crippen LogP contribution in [0.2, 0.25) is 5.02 Å². The number of hydrogen-bond acceptors (Lipinski definition) is 3. The Balaban J connectivity index is 2.01. The highest BCUT2D eigenvalue weighted by atomic mass is 35.5. The van der Waals surface area contributed by atoms with Crippen molar-refractivity contribution in [2.75, 3.05) is 18.9 Å². The molecule has 1 heterocycles. The topological polar surface area (TPSA) is 55.6 Å². The summed E-state index contributed by atoms with van der Waals surface area (Å²) in [5.41, 5.74) is 11.4. The number of rotatable bonds is 3. The summed E-state index contributed by atoms with van der Waals surface area (Å²) in [5.74, 6) is 0. The summed E-state index contributed by atoms with van der Waals surface area (Å²) in [6.45, 7) is 4.91. The third-order valence-electron chi connectivity index (χ3n) is 4.85. The van der Waals surface area contributed by atoms with Crippen molar-refractivity contribution in [1.82, 2.24) is 4.90 Å². The summed E-state index contributed by atoms with van der Waals surface area (Å²) >= 11 is 6.17. The lowest BCUT2D eigenvalue weighted by Gasteiger charge is -2.35. The van der Waals surface area contributed by atoms with Gasteiger partial charge < -0.3 is 10.5 Å². The molecule has 3 rings (SSSR count). The second-order valence-corrected chi connectivity index (χ2v) is 7.18. The van der Waals surface area contributed by atoms with E-state index < -0.39 is 0 Å². The number of nitrogen functional groups attached to an aromatic ring is 1. The molecule has 5 heteroatoms. The molecule has 138 valence electrons. The predicted octanol–water partition coefficient (Wildman–Crippen LogP) is 5.20. The lowest BCUT2D eigenvalue weighted by atomic mass is 9.88. The second kappa shape index (κ2) is 8.00. The van der Waals surface area contributed by atoms with Gasteiger partial charge in [-0.15, -0.1) is 0 Å². The Hall–Kier alpha value is -2.20. The predicted molar refractivity (Wildman–Crippen MR) is 107 cm³/mol. The van der Waals surface area contributed by atoms with Gasteiger partial charge in [0.1, 0.15) is 0 Å². The van der Waals surface area contributed by atoms with Crippen LogP contribution < -0.4 is 5.73 Å². The van der Waals surface area contributed by atoms with Gasteiger partial charge in [0.15, 0.2) is 0 Å². The average Bonchev–Trinajstić information content (AvgIpc) is 2.63. The monoisotopic (exact) mass is 372 g/mol. The maximum atomic E-state index is 12.5. The van der Waals surface area contributed by atoms with Crippen molar-refractivity contribution in [3.8, 4) is 0 Å². The van der Waals surface area contributed by atoms with Crippen LogP contribution in [0.5, 0.6) is 0 Å². The van der Waals surface area contributed by atoms with E-state index in [9.17, 15) is 4.79 Å². The largest absolute Gasteiger partial charge is 0.450 e. The fourth-order valence-electron chi connectivity index (χ4n) is 3.55. The molecule has 0 fully saturated rings. The normalized spacial score (nSPS) is 20.2. The Morgan fingerprint density at radius 2 is 2.19 bits per heavy atom. The molecular weight excluding hydrogens is 348 g/mol. The number of hydrogen-bond donors (Lipinski definition) is 1. The first-order valence-electron chi connectivity index (χ1n) is 9.06. The van der Waals surface area contributed by atoms with Crippen LogP contribution in [-0.2, 0) is 4.74 Å². The summed E-state index contributed by atoms with van der Waals surface area (Å²) in [5, 5.41) is 0.659. The zero-order valence-corrected chi connectivity index (χ0v) is 16.1. The third-order valence-corrected chi connectivity index (χ3v) is 5.09. The lowest BCUT2D eigenvalue weighted by Crippen LogP contribution is -2.43. The van der Waals surface area contributed by atoms with Gasteiger partial charge in [0.05, 0.1) is 12.6 Å². The van der Waals surface area contributed by atoms with Crippen molar-refractivity contribution in [3.63, 3.8) is 0 Å². The van der Waals surface area contributed by atoms with Crippen molar-refractivity contribution in [2.45, 2.75) is 39.2 Å². The third kappa shape index (κ3) is 3.96. The van der Waals surface area contributed by atoms with Gasteiger partial charge in [0, 0.05) is 22.8 Å². The number of amides is 1. The molecule has 0 bridgehead atoms. The minimum Gasteiger partial charge on any atom is -0.450 e. The first kappa shape index (κ1) is 18.6. The number of nitrogens with two attached hydrogens (primary N) is 1. The smallest absolute Gasteiger partial charge is 0.410 e. The van der Waals surface area contributed by atoms with E-state index in [0.717, 1.165) is 36.0 Å². The first-order chi connectivity index (χ1) is 12.5. The van der Waals surface area contributed by atoms with E-state index in [1.807, 2.05) is 19.1 Å². The van der Waals surface area contributed by atoms with Crippen LogP contribution in [0.15, 0.2) is 47.6 Å². The van der Waals surface area contributed by atoms with Gasteiger partial charge in [-0.3, -0.25) is 4.90 Å². The van der Waals surface area contributed by atoms with E-state index >= 15 is 0 Å². The quantitative estimate of drug-likeness (QED) is 0.741. The Kier molecular flexibility index (Phi) is 5.72. The summed E-state index contributed by atoms with van der Waals surface area (Å²) in [6.07, 6.45) is 9.02. The Bertz CT molecular complexity index is 795. The molecule has 1 unspecified atom stereocenters. The van der Waals surface area contributed by atoms with Crippen LogP contribution in [0, 0.1) is 0 Å². The van der Waals surface area contributed by atoms with Crippen LogP contribution >= 0.6 is 11.6 Å². The molecule has 4 nitrogen and oxygen atoms in total. The summed E-state index contributed by atoms with van der Waals surface area (Å²) in [4.78, 5) is 14.3. The molecule has 0 aromatic heterocycles. The summed E-state index contributed by atoms with van der Waals surface area (Å²) in [6, 6.07) is 5.37. The molecule has 26 heavy (non-hydrogen) atoms. The van der Waals surface area contributed by atoms with Crippen molar-refractivity contribution in [1.29, 1.82) is 0 Å². The number of anilines is 1. The zero-order chi connectivity index (χ0) is 18.7. The fourth-order valence-corrected chi connectivity index (χ4v) is 3.72. The Morgan fingerprint density at radius 3 is 2.92 bits per heavy atom. The molecule has 1 aromatic carbocycles. The molecule has 0 spiro atoms. The highest BCUT2D eigenvalue weighted by Gasteiger charge is 2.30. The number of benzene rings is 1. The number of ether oxygens (including phenoxy) is 1. The molecule has 1 aliphatic heterocycles. The van der Waals surface area contributed by atoms with Gasteiger partial charge >= 0.3 is 6.09 Å². The molecule has 0 radical (unpaired) electrons. The van der Waals surface area contributed by atoms with Gasteiger partial charge in [-0.1, -0.05) is 35.4 Å². The van der Waals surface area contributed by atoms with E-state index in [-0.39, 0.29) is 12.1 Å². The van der Waals surface area contributed by atoms with Crippen molar-refractivity contribution < 1.29 is 9.53 Å². The maximum absolute atomic E-state index is 12.5. The average molecular weight is 373 g/mol. The second-order valence-electron chi connectivity index (χ2n) is 6.74. The van der Waals surface area contributed by atoms with Crippen molar-refractivity contribution in [2.24, 2.45) is 0 Å². The van der Waals surface area contributed by atoms with Gasteiger partial charge in [0.2, 0.25) is 0 Å². The van der Waals surface area contributed by atoms with Gasteiger partial charge in [-0.25, -0.2) is 4.79 Å². The maximum Gasteiger partial charge on any atom is 0.410 e. The van der Waals surface area contributed by atoms with Crippen LogP contribution in [0.1, 0.15) is 38.7 Å². The molecular formula is C21H25ClN2O2. The minimum atomic E-state index is -0.274. The summed E-state index contributed by atoms with van der Waals surface area (Å²) < 4.78 is 5.28. The van der Waals surface area contributed by atoms with Crippen LogP contribution in [0.25, 0.3) is 5.57 Å². The van der Waals surface area contributed by atoms with E-state index in [2.05, 4.69) is 25.2 Å². The molecule has 1 aromatic rings. The van der Waals surface area contributed by atoms with Crippen molar-refractivity contribution in [3.05, 3.63) is 58.2 Å². The van der Waals surface area contributed by atoms with Crippen LogP contribution in [-0.4, -0.2) is 30.2 Å². The lowest BCUT2D eigenvalue weighted by molar-refractivity contribution is 0.102. The van der Waals surface area contributed by atoms with Crippen molar-refractivity contribution >= 4 is 29.0 Å². The van der Waals surface area contributed by atoms with Crippen LogP contribution in [0.3, 0.4) is 0 Å². The minimum absolute atomic E-state index is 0.147. The molecule has 2 N–H and O–H groups in total. The molecule has 0 saturated carbocycles. The van der Waals surface area contributed by atoms with Gasteiger partial charge in [0.25, 0.3) is 0 Å². The molecule has 1 amide bonds. The molecule has 0 saturated heterocycles. The SMILES string of the molecule is CCOC(=O)N1CCC(c2cc(Cl)ccc2N)=CC1C1=CCCC(C)=C1. The van der Waals surface area contributed by atoms with Gasteiger partial charge in [-0.05, 0) is 62.5 Å². The standard InChI is InChI=1S/C21H25ClN2O2/c1-3-26-21(25)24-10-9-15(18-13-17(22)7-8-19(18)23)12-20(24)16-6-4-5-14(2)11-16/h6-8,11-13,20H,3-5,9-10,23H2,1-2H3. The first-order valence-corrected chi connectivity index (χ1v) is 9.44. The summed E-state index contributed by atoms with van der Waals surface area (Å²) in [7, 11) is 0. The number of halogens is 1. The highest BCUT2D eigenvalue weighted by Crippen LogP contribution is 2.34. The van der Waals surface area contributed by atoms with E-state index in [0.29, 0.717) is 23.9 Å². The Morgan fingerprint density at radius 1 is 1.38 bits per heavy atom.